The minimum atomic E-state index is 0.275. The number of nitrogens with zero attached hydrogens (tertiary/aromatic N) is 1. The van der Waals surface area contributed by atoms with E-state index in [9.17, 15) is 0 Å². The number of rotatable bonds is 8. The predicted molar refractivity (Wildman–Crippen MR) is 87.4 cm³/mol. The summed E-state index contributed by atoms with van der Waals surface area (Å²) >= 11 is 1.80. The second kappa shape index (κ2) is 7.74. The third-order valence-electron chi connectivity index (χ3n) is 3.67. The molecule has 3 nitrogen and oxygen atoms in total. The van der Waals surface area contributed by atoms with Crippen LogP contribution in [0.5, 0.6) is 0 Å². The summed E-state index contributed by atoms with van der Waals surface area (Å²) in [6, 6.07) is 8.83. The maximum Gasteiger partial charge on any atom is 0.0593 e. The van der Waals surface area contributed by atoms with E-state index in [-0.39, 0.29) is 6.04 Å². The molecule has 1 aromatic carbocycles. The van der Waals surface area contributed by atoms with Gasteiger partial charge in [-0.2, -0.15) is 0 Å². The van der Waals surface area contributed by atoms with Crippen molar-refractivity contribution in [3.05, 3.63) is 35.2 Å². The van der Waals surface area contributed by atoms with E-state index in [1.807, 2.05) is 6.92 Å². The van der Waals surface area contributed by atoms with Crippen molar-refractivity contribution in [1.82, 2.24) is 4.90 Å². The molecule has 0 amide bonds. The van der Waals surface area contributed by atoms with E-state index in [4.69, 9.17) is 10.5 Å². The molecule has 110 valence electrons. The molecule has 0 saturated heterocycles. The van der Waals surface area contributed by atoms with Gasteiger partial charge in [0.15, 0.2) is 0 Å². The Morgan fingerprint density at radius 3 is 2.80 bits per heavy atom. The number of ether oxygens (including phenoxy) is 1. The molecule has 0 saturated carbocycles. The molecule has 0 aliphatic heterocycles. The summed E-state index contributed by atoms with van der Waals surface area (Å²) in [5, 5.41) is 3.59. The highest BCUT2D eigenvalue weighted by atomic mass is 32.1. The molecule has 1 atom stereocenters. The second-order valence-electron chi connectivity index (χ2n) is 4.76. The number of thiophene rings is 1. The van der Waals surface area contributed by atoms with Gasteiger partial charge in [0, 0.05) is 30.4 Å². The summed E-state index contributed by atoms with van der Waals surface area (Å²) in [4.78, 5) is 2.41. The first-order valence-electron chi connectivity index (χ1n) is 7.29. The summed E-state index contributed by atoms with van der Waals surface area (Å²) in [5.74, 6) is 0. The van der Waals surface area contributed by atoms with E-state index < -0.39 is 0 Å². The summed E-state index contributed by atoms with van der Waals surface area (Å²) in [5.41, 5.74) is 7.41. The summed E-state index contributed by atoms with van der Waals surface area (Å²) < 4.78 is 6.82. The van der Waals surface area contributed by atoms with Crippen LogP contribution in [0.4, 0.5) is 0 Å². The van der Waals surface area contributed by atoms with Gasteiger partial charge < -0.3 is 10.5 Å². The lowest BCUT2D eigenvalue weighted by molar-refractivity contribution is 0.0984. The molecule has 1 unspecified atom stereocenters. The van der Waals surface area contributed by atoms with Crippen molar-refractivity contribution in [1.29, 1.82) is 0 Å². The third kappa shape index (κ3) is 3.38. The van der Waals surface area contributed by atoms with Crippen molar-refractivity contribution in [2.75, 3.05) is 32.8 Å². The number of benzene rings is 1. The Morgan fingerprint density at radius 2 is 2.10 bits per heavy atom. The van der Waals surface area contributed by atoms with Crippen LogP contribution in [-0.2, 0) is 4.74 Å². The molecule has 0 radical (unpaired) electrons. The highest BCUT2D eigenvalue weighted by Crippen LogP contribution is 2.32. The Bertz CT molecular complexity index is 526. The quantitative estimate of drug-likeness (QED) is 0.759. The largest absolute Gasteiger partial charge is 0.380 e. The molecule has 2 rings (SSSR count). The third-order valence-corrected chi connectivity index (χ3v) is 4.65. The van der Waals surface area contributed by atoms with E-state index in [1.54, 1.807) is 11.3 Å². The molecule has 4 heteroatoms. The van der Waals surface area contributed by atoms with Crippen LogP contribution in [-0.4, -0.2) is 37.7 Å². The van der Waals surface area contributed by atoms with Gasteiger partial charge in [-0.3, -0.25) is 4.90 Å². The van der Waals surface area contributed by atoms with E-state index in [0.29, 0.717) is 6.54 Å². The lowest BCUT2D eigenvalue weighted by Gasteiger charge is -2.29. The van der Waals surface area contributed by atoms with E-state index >= 15 is 0 Å². The molecule has 20 heavy (non-hydrogen) atoms. The number of hydrogen-bond acceptors (Lipinski definition) is 4. The summed E-state index contributed by atoms with van der Waals surface area (Å²) in [6.07, 6.45) is 0. The normalized spacial score (nSPS) is 13.2. The minimum absolute atomic E-state index is 0.275. The van der Waals surface area contributed by atoms with Gasteiger partial charge >= 0.3 is 0 Å². The number of likely N-dealkylation sites (N-methyl/N-ethyl adjacent to an activating group) is 1. The SMILES string of the molecule is CCOCCN(CC)C(CN)c1csc2ccccc12. The Hall–Kier alpha value is -0.940. The van der Waals surface area contributed by atoms with Gasteiger partial charge in [-0.15, -0.1) is 11.3 Å². The molecule has 1 aromatic heterocycles. The first-order chi connectivity index (χ1) is 9.81. The molecular weight excluding hydrogens is 268 g/mol. The molecule has 2 N–H and O–H groups in total. The Morgan fingerprint density at radius 1 is 1.30 bits per heavy atom. The van der Waals surface area contributed by atoms with Gasteiger partial charge in [0.2, 0.25) is 0 Å². The minimum Gasteiger partial charge on any atom is -0.380 e. The van der Waals surface area contributed by atoms with E-state index in [1.165, 1.54) is 15.6 Å². The van der Waals surface area contributed by atoms with Crippen molar-refractivity contribution in [3.63, 3.8) is 0 Å². The molecule has 2 aromatic rings. The van der Waals surface area contributed by atoms with E-state index in [0.717, 1.165) is 26.3 Å². The summed E-state index contributed by atoms with van der Waals surface area (Å²) in [7, 11) is 0. The molecular formula is C16H24N2OS. The zero-order valence-corrected chi connectivity index (χ0v) is 13.2. The second-order valence-corrected chi connectivity index (χ2v) is 5.68. The van der Waals surface area contributed by atoms with Gasteiger partial charge in [0.1, 0.15) is 0 Å². The monoisotopic (exact) mass is 292 g/mol. The molecule has 1 heterocycles. The van der Waals surface area contributed by atoms with Gasteiger partial charge in [0.05, 0.1) is 6.61 Å². The number of fused-ring (bicyclic) bond motifs is 1. The fourth-order valence-corrected chi connectivity index (χ4v) is 3.60. The zero-order valence-electron chi connectivity index (χ0n) is 12.3. The van der Waals surface area contributed by atoms with E-state index in [2.05, 4.69) is 41.5 Å². The predicted octanol–water partition coefficient (Wildman–Crippen LogP) is 3.26. The lowest BCUT2D eigenvalue weighted by Crippen LogP contribution is -2.36. The van der Waals surface area contributed by atoms with Crippen molar-refractivity contribution < 1.29 is 4.74 Å². The van der Waals surface area contributed by atoms with Crippen LogP contribution in [0, 0.1) is 0 Å². The molecule has 0 aliphatic rings. The van der Waals surface area contributed by atoms with Crippen LogP contribution in [0.25, 0.3) is 10.1 Å². The first-order valence-corrected chi connectivity index (χ1v) is 8.17. The Balaban J connectivity index is 2.21. The van der Waals surface area contributed by atoms with Crippen LogP contribution in [0.1, 0.15) is 25.5 Å². The van der Waals surface area contributed by atoms with Crippen LogP contribution < -0.4 is 5.73 Å². The smallest absolute Gasteiger partial charge is 0.0593 e. The van der Waals surface area contributed by atoms with Gasteiger partial charge in [0.25, 0.3) is 0 Å². The van der Waals surface area contributed by atoms with Crippen molar-refractivity contribution in [3.8, 4) is 0 Å². The van der Waals surface area contributed by atoms with Crippen LogP contribution >= 0.6 is 11.3 Å². The summed E-state index contributed by atoms with van der Waals surface area (Å²) in [6.45, 7) is 8.30. The van der Waals surface area contributed by atoms with Crippen LogP contribution in [0.3, 0.4) is 0 Å². The highest BCUT2D eigenvalue weighted by molar-refractivity contribution is 7.17. The van der Waals surface area contributed by atoms with Crippen LogP contribution in [0.2, 0.25) is 0 Å². The maximum atomic E-state index is 6.06. The lowest BCUT2D eigenvalue weighted by atomic mass is 10.0. The van der Waals surface area contributed by atoms with Gasteiger partial charge in [-0.25, -0.2) is 0 Å². The van der Waals surface area contributed by atoms with Crippen molar-refractivity contribution in [2.45, 2.75) is 19.9 Å². The van der Waals surface area contributed by atoms with Crippen molar-refractivity contribution >= 4 is 21.4 Å². The molecule has 0 spiro atoms. The van der Waals surface area contributed by atoms with Gasteiger partial charge in [-0.1, -0.05) is 25.1 Å². The highest BCUT2D eigenvalue weighted by Gasteiger charge is 2.20. The number of hydrogen-bond donors (Lipinski definition) is 1. The zero-order chi connectivity index (χ0) is 14.4. The van der Waals surface area contributed by atoms with Gasteiger partial charge in [-0.05, 0) is 35.9 Å². The maximum absolute atomic E-state index is 6.06. The average molecular weight is 292 g/mol. The molecule has 0 bridgehead atoms. The van der Waals surface area contributed by atoms with Crippen molar-refractivity contribution in [2.24, 2.45) is 5.73 Å². The standard InChI is InChI=1S/C16H24N2OS/c1-3-18(9-10-19-4-2)15(11-17)14-12-20-16-8-6-5-7-13(14)16/h5-8,12,15H,3-4,9-11,17H2,1-2H3. The fraction of sp³-hybridized carbons (Fsp3) is 0.500. The first kappa shape index (κ1) is 15.4. The fourth-order valence-electron chi connectivity index (χ4n) is 2.59. The molecule has 0 aliphatic carbocycles. The Kier molecular flexibility index (Phi) is 5.98. The molecule has 0 fully saturated rings. The average Bonchev–Trinajstić information content (AvgIpc) is 2.91. The van der Waals surface area contributed by atoms with Crippen LogP contribution in [0.15, 0.2) is 29.6 Å². The number of nitrogens with two attached hydrogens (primary N) is 1. The Labute approximate surface area is 125 Å². The topological polar surface area (TPSA) is 38.5 Å².